The fourth-order valence-corrected chi connectivity index (χ4v) is 2.51. The van der Waals surface area contributed by atoms with E-state index in [9.17, 15) is 4.79 Å². The van der Waals surface area contributed by atoms with Crippen LogP contribution in [0.25, 0.3) is 11.1 Å². The zero-order valence-electron chi connectivity index (χ0n) is 12.3. The number of hydrogen-bond donors (Lipinski definition) is 2. The van der Waals surface area contributed by atoms with Crippen LogP contribution in [0, 0.1) is 5.92 Å². The van der Waals surface area contributed by atoms with Crippen LogP contribution in [-0.2, 0) is 4.79 Å². The summed E-state index contributed by atoms with van der Waals surface area (Å²) >= 11 is 0. The zero-order chi connectivity index (χ0) is 14.8. The second-order valence-electron chi connectivity index (χ2n) is 5.59. The lowest BCUT2D eigenvalue weighted by molar-refractivity contribution is -0.120. The predicted molar refractivity (Wildman–Crippen MR) is 82.6 cm³/mol. The van der Waals surface area contributed by atoms with Gasteiger partial charge in [-0.2, -0.15) is 4.98 Å². The number of aromatic nitrogens is 1. The first-order valence-electron chi connectivity index (χ1n) is 7.23. The van der Waals surface area contributed by atoms with Crippen molar-refractivity contribution in [3.63, 3.8) is 0 Å². The molecule has 0 aliphatic carbocycles. The van der Waals surface area contributed by atoms with Gasteiger partial charge in [-0.05, 0) is 44.1 Å². The quantitative estimate of drug-likeness (QED) is 0.901. The van der Waals surface area contributed by atoms with E-state index in [1.807, 2.05) is 37.2 Å². The van der Waals surface area contributed by atoms with Gasteiger partial charge in [0, 0.05) is 25.7 Å². The molecule has 0 radical (unpaired) electrons. The Hall–Kier alpha value is -2.08. The molecule has 1 saturated heterocycles. The molecule has 2 heterocycles. The van der Waals surface area contributed by atoms with Crippen molar-refractivity contribution in [2.45, 2.75) is 12.8 Å². The first-order valence-corrected chi connectivity index (χ1v) is 7.23. The minimum absolute atomic E-state index is 0.0900. The molecule has 0 spiro atoms. The summed E-state index contributed by atoms with van der Waals surface area (Å²) < 4.78 is 5.60. The summed E-state index contributed by atoms with van der Waals surface area (Å²) in [7, 11) is 3.76. The summed E-state index contributed by atoms with van der Waals surface area (Å²) in [6, 6.07) is 6.11. The maximum absolute atomic E-state index is 12.2. The van der Waals surface area contributed by atoms with Crippen molar-refractivity contribution >= 4 is 28.7 Å². The number of rotatable bonds is 3. The molecule has 1 aliphatic rings. The third-order valence-corrected chi connectivity index (χ3v) is 3.74. The van der Waals surface area contributed by atoms with E-state index in [1.54, 1.807) is 0 Å². The number of amides is 1. The first kappa shape index (κ1) is 13.9. The second kappa shape index (κ2) is 5.73. The van der Waals surface area contributed by atoms with Gasteiger partial charge in [-0.25, -0.2) is 0 Å². The van der Waals surface area contributed by atoms with Crippen molar-refractivity contribution in [1.82, 2.24) is 10.3 Å². The van der Waals surface area contributed by atoms with Crippen LogP contribution >= 0.6 is 0 Å². The highest BCUT2D eigenvalue weighted by atomic mass is 16.4. The van der Waals surface area contributed by atoms with Crippen LogP contribution in [0.3, 0.4) is 0 Å². The summed E-state index contributed by atoms with van der Waals surface area (Å²) in [6.07, 6.45) is 1.78. The molecule has 6 heteroatoms. The molecule has 2 N–H and O–H groups in total. The van der Waals surface area contributed by atoms with E-state index in [2.05, 4.69) is 15.6 Å². The minimum atomic E-state index is 0.0900. The van der Waals surface area contributed by atoms with E-state index in [1.165, 1.54) is 0 Å². The van der Waals surface area contributed by atoms with Crippen molar-refractivity contribution in [2.24, 2.45) is 5.92 Å². The van der Waals surface area contributed by atoms with Crippen molar-refractivity contribution in [3.05, 3.63) is 18.2 Å². The lowest BCUT2D eigenvalue weighted by Crippen LogP contribution is -2.34. The highest BCUT2D eigenvalue weighted by molar-refractivity contribution is 5.94. The first-order chi connectivity index (χ1) is 10.1. The number of hydrogen-bond acceptors (Lipinski definition) is 5. The summed E-state index contributed by atoms with van der Waals surface area (Å²) in [5.74, 6) is 0.184. The number of fused-ring (bicyclic) bond motifs is 1. The highest BCUT2D eigenvalue weighted by Crippen LogP contribution is 2.24. The van der Waals surface area contributed by atoms with E-state index in [0.29, 0.717) is 6.01 Å². The molecule has 6 nitrogen and oxygen atoms in total. The van der Waals surface area contributed by atoms with Gasteiger partial charge in [0.2, 0.25) is 5.91 Å². The topological polar surface area (TPSA) is 70.4 Å². The average molecular weight is 288 g/mol. The maximum atomic E-state index is 12.2. The summed E-state index contributed by atoms with van der Waals surface area (Å²) in [4.78, 5) is 18.4. The molecule has 0 bridgehead atoms. The highest BCUT2D eigenvalue weighted by Gasteiger charge is 2.21. The monoisotopic (exact) mass is 288 g/mol. The molecular weight excluding hydrogens is 268 g/mol. The Morgan fingerprint density at radius 1 is 1.38 bits per heavy atom. The Morgan fingerprint density at radius 2 is 2.14 bits per heavy atom. The molecule has 1 aromatic heterocycles. The average Bonchev–Trinajstić information content (AvgIpc) is 2.91. The van der Waals surface area contributed by atoms with Crippen LogP contribution in [0.15, 0.2) is 22.6 Å². The van der Waals surface area contributed by atoms with Gasteiger partial charge < -0.3 is 20.0 Å². The standard InChI is InChI=1S/C15H20N4O2/c1-19(2)15-18-12-9-11(3-4-13(12)21-15)17-14(20)10-5-7-16-8-6-10/h3-4,9-10,16H,5-8H2,1-2H3,(H,17,20). The van der Waals surface area contributed by atoms with E-state index < -0.39 is 0 Å². The maximum Gasteiger partial charge on any atom is 0.297 e. The lowest BCUT2D eigenvalue weighted by atomic mass is 9.97. The largest absolute Gasteiger partial charge is 0.423 e. The number of carbonyl (C=O) groups is 1. The number of anilines is 2. The van der Waals surface area contributed by atoms with Gasteiger partial charge in [0.1, 0.15) is 5.52 Å². The number of piperidine rings is 1. The normalized spacial score (nSPS) is 16.1. The summed E-state index contributed by atoms with van der Waals surface area (Å²) in [5.41, 5.74) is 2.24. The molecule has 21 heavy (non-hydrogen) atoms. The van der Waals surface area contributed by atoms with E-state index >= 15 is 0 Å². The van der Waals surface area contributed by atoms with Crippen molar-refractivity contribution in [2.75, 3.05) is 37.4 Å². The van der Waals surface area contributed by atoms with Crippen molar-refractivity contribution in [1.29, 1.82) is 0 Å². The van der Waals surface area contributed by atoms with Crippen LogP contribution in [0.5, 0.6) is 0 Å². The van der Waals surface area contributed by atoms with E-state index in [0.717, 1.165) is 42.7 Å². The molecule has 0 saturated carbocycles. The van der Waals surface area contributed by atoms with Gasteiger partial charge in [0.05, 0.1) is 0 Å². The Bertz CT molecular complexity index is 644. The third kappa shape index (κ3) is 3.00. The lowest BCUT2D eigenvalue weighted by Gasteiger charge is -2.21. The molecule has 1 fully saturated rings. The van der Waals surface area contributed by atoms with Crippen molar-refractivity contribution < 1.29 is 9.21 Å². The fourth-order valence-electron chi connectivity index (χ4n) is 2.51. The Kier molecular flexibility index (Phi) is 3.79. The van der Waals surface area contributed by atoms with Crippen LogP contribution in [-0.4, -0.2) is 38.1 Å². The van der Waals surface area contributed by atoms with E-state index in [4.69, 9.17) is 4.42 Å². The number of nitrogens with zero attached hydrogens (tertiary/aromatic N) is 2. The Balaban J connectivity index is 1.75. The Morgan fingerprint density at radius 3 is 2.86 bits per heavy atom. The van der Waals surface area contributed by atoms with Crippen molar-refractivity contribution in [3.8, 4) is 0 Å². The molecule has 0 atom stereocenters. The second-order valence-corrected chi connectivity index (χ2v) is 5.59. The SMILES string of the molecule is CN(C)c1nc2cc(NC(=O)C3CCNCC3)ccc2o1. The van der Waals surface area contributed by atoms with Crippen LogP contribution in [0.2, 0.25) is 0 Å². The zero-order valence-corrected chi connectivity index (χ0v) is 12.3. The molecule has 2 aromatic rings. The summed E-state index contributed by atoms with van der Waals surface area (Å²) in [6.45, 7) is 1.82. The molecular formula is C15H20N4O2. The van der Waals surface area contributed by atoms with Gasteiger partial charge in [0.25, 0.3) is 6.01 Å². The molecule has 112 valence electrons. The molecule has 1 aromatic carbocycles. The van der Waals surface area contributed by atoms with Gasteiger partial charge in [-0.15, -0.1) is 0 Å². The minimum Gasteiger partial charge on any atom is -0.423 e. The fraction of sp³-hybridized carbons (Fsp3) is 0.467. The van der Waals surface area contributed by atoms with Crippen LogP contribution in [0.4, 0.5) is 11.7 Å². The van der Waals surface area contributed by atoms with Crippen LogP contribution in [0.1, 0.15) is 12.8 Å². The number of oxazole rings is 1. The van der Waals surface area contributed by atoms with Gasteiger partial charge in [-0.1, -0.05) is 0 Å². The number of nitrogens with one attached hydrogen (secondary N) is 2. The third-order valence-electron chi connectivity index (χ3n) is 3.74. The molecule has 0 unspecified atom stereocenters. The number of benzene rings is 1. The molecule has 1 aliphatic heterocycles. The number of carbonyl (C=O) groups excluding carboxylic acids is 1. The predicted octanol–water partition coefficient (Wildman–Crippen LogP) is 1.83. The molecule has 3 rings (SSSR count). The molecule has 1 amide bonds. The van der Waals surface area contributed by atoms with Gasteiger partial charge in [0.15, 0.2) is 5.58 Å². The van der Waals surface area contributed by atoms with Gasteiger partial charge in [-0.3, -0.25) is 4.79 Å². The summed E-state index contributed by atoms with van der Waals surface area (Å²) in [5, 5.41) is 6.24. The van der Waals surface area contributed by atoms with Crippen LogP contribution < -0.4 is 15.5 Å². The smallest absolute Gasteiger partial charge is 0.297 e. The Labute approximate surface area is 123 Å². The van der Waals surface area contributed by atoms with E-state index in [-0.39, 0.29) is 11.8 Å². The van der Waals surface area contributed by atoms with Gasteiger partial charge >= 0.3 is 0 Å².